The van der Waals surface area contributed by atoms with Crippen molar-refractivity contribution in [3.63, 3.8) is 0 Å². The normalized spacial score (nSPS) is 32.8. The van der Waals surface area contributed by atoms with Crippen LogP contribution in [0.1, 0.15) is 58.3 Å². The second-order valence-corrected chi connectivity index (χ2v) is 5.58. The standard InChI is InChI=1S/C14H28N2/c1-2-7-14-9-4-6-11-16(14)12-13-8-3-5-10-15-13/h13-15H,2-12H2,1H3. The molecule has 0 aromatic rings. The highest BCUT2D eigenvalue weighted by Gasteiger charge is 2.24. The summed E-state index contributed by atoms with van der Waals surface area (Å²) in [5.74, 6) is 0. The Morgan fingerprint density at radius 3 is 2.75 bits per heavy atom. The molecule has 2 atom stereocenters. The fraction of sp³-hybridized carbons (Fsp3) is 1.00. The van der Waals surface area contributed by atoms with Crippen molar-refractivity contribution < 1.29 is 0 Å². The predicted molar refractivity (Wildman–Crippen MR) is 69.8 cm³/mol. The molecule has 1 N–H and O–H groups in total. The zero-order valence-corrected chi connectivity index (χ0v) is 10.9. The fourth-order valence-corrected chi connectivity index (χ4v) is 3.32. The first-order chi connectivity index (χ1) is 7.90. The van der Waals surface area contributed by atoms with Gasteiger partial charge in [-0.2, -0.15) is 0 Å². The Hall–Kier alpha value is -0.0800. The molecule has 2 heteroatoms. The van der Waals surface area contributed by atoms with Gasteiger partial charge in [-0.15, -0.1) is 0 Å². The summed E-state index contributed by atoms with van der Waals surface area (Å²) in [6, 6.07) is 1.67. The van der Waals surface area contributed by atoms with Gasteiger partial charge < -0.3 is 5.32 Å². The topological polar surface area (TPSA) is 15.3 Å². The third kappa shape index (κ3) is 3.46. The van der Waals surface area contributed by atoms with Crippen molar-refractivity contribution >= 4 is 0 Å². The van der Waals surface area contributed by atoms with E-state index in [0.717, 1.165) is 12.1 Å². The first-order valence-electron chi connectivity index (χ1n) is 7.37. The predicted octanol–water partition coefficient (Wildman–Crippen LogP) is 2.78. The molecule has 0 spiro atoms. The van der Waals surface area contributed by atoms with Crippen LogP contribution < -0.4 is 5.32 Å². The Bertz CT molecular complexity index is 185. The van der Waals surface area contributed by atoms with Crippen LogP contribution >= 0.6 is 0 Å². The number of hydrogen-bond acceptors (Lipinski definition) is 2. The van der Waals surface area contributed by atoms with E-state index in [-0.39, 0.29) is 0 Å². The number of nitrogens with zero attached hydrogens (tertiary/aromatic N) is 1. The summed E-state index contributed by atoms with van der Waals surface area (Å²) in [7, 11) is 0. The Morgan fingerprint density at radius 2 is 2.00 bits per heavy atom. The molecule has 94 valence electrons. The van der Waals surface area contributed by atoms with Crippen molar-refractivity contribution in [2.45, 2.75) is 70.4 Å². The molecule has 0 aliphatic carbocycles. The van der Waals surface area contributed by atoms with E-state index in [2.05, 4.69) is 17.1 Å². The van der Waals surface area contributed by atoms with E-state index < -0.39 is 0 Å². The van der Waals surface area contributed by atoms with Gasteiger partial charge in [-0.25, -0.2) is 0 Å². The summed E-state index contributed by atoms with van der Waals surface area (Å²) in [6.45, 7) is 6.23. The molecule has 2 rings (SSSR count). The lowest BCUT2D eigenvalue weighted by Crippen LogP contribution is -2.49. The minimum Gasteiger partial charge on any atom is -0.313 e. The number of piperidine rings is 2. The zero-order valence-electron chi connectivity index (χ0n) is 10.9. The van der Waals surface area contributed by atoms with Crippen LogP contribution in [0.4, 0.5) is 0 Å². The molecule has 2 aliphatic heterocycles. The quantitative estimate of drug-likeness (QED) is 0.790. The SMILES string of the molecule is CCCC1CCCCN1CC1CCCCN1. The molecule has 0 aromatic carbocycles. The largest absolute Gasteiger partial charge is 0.313 e. The van der Waals surface area contributed by atoms with Gasteiger partial charge in [0.05, 0.1) is 0 Å². The third-order valence-electron chi connectivity index (χ3n) is 4.24. The monoisotopic (exact) mass is 224 g/mol. The molecule has 0 aromatic heterocycles. The Morgan fingerprint density at radius 1 is 1.12 bits per heavy atom. The molecule has 2 unspecified atom stereocenters. The van der Waals surface area contributed by atoms with Crippen LogP contribution in [0, 0.1) is 0 Å². The highest BCUT2D eigenvalue weighted by Crippen LogP contribution is 2.22. The Kier molecular flexibility index (Phi) is 5.11. The third-order valence-corrected chi connectivity index (χ3v) is 4.24. The first kappa shape index (κ1) is 12.4. The van der Waals surface area contributed by atoms with E-state index in [1.807, 2.05) is 0 Å². The molecule has 2 saturated heterocycles. The summed E-state index contributed by atoms with van der Waals surface area (Å²) in [4.78, 5) is 2.77. The highest BCUT2D eigenvalue weighted by atomic mass is 15.2. The lowest BCUT2D eigenvalue weighted by atomic mass is 9.96. The van der Waals surface area contributed by atoms with Crippen LogP contribution in [0.5, 0.6) is 0 Å². The molecular formula is C14H28N2. The maximum atomic E-state index is 3.69. The second-order valence-electron chi connectivity index (χ2n) is 5.58. The van der Waals surface area contributed by atoms with E-state index in [9.17, 15) is 0 Å². The van der Waals surface area contributed by atoms with E-state index in [0.29, 0.717) is 0 Å². The van der Waals surface area contributed by atoms with Crippen LogP contribution in [-0.2, 0) is 0 Å². The van der Waals surface area contributed by atoms with Crippen molar-refractivity contribution in [3.05, 3.63) is 0 Å². The van der Waals surface area contributed by atoms with Gasteiger partial charge in [-0.1, -0.05) is 26.2 Å². The Labute approximate surface area is 101 Å². The van der Waals surface area contributed by atoms with E-state index in [1.165, 1.54) is 71.0 Å². The number of hydrogen-bond donors (Lipinski definition) is 1. The van der Waals surface area contributed by atoms with Crippen molar-refractivity contribution in [2.24, 2.45) is 0 Å². The minimum absolute atomic E-state index is 0.784. The van der Waals surface area contributed by atoms with Crippen molar-refractivity contribution in [1.29, 1.82) is 0 Å². The molecule has 16 heavy (non-hydrogen) atoms. The van der Waals surface area contributed by atoms with Gasteiger partial charge in [0.15, 0.2) is 0 Å². The maximum absolute atomic E-state index is 3.69. The molecule has 0 amide bonds. The summed E-state index contributed by atoms with van der Waals surface area (Å²) in [5, 5.41) is 3.69. The molecule has 2 heterocycles. The van der Waals surface area contributed by atoms with Crippen LogP contribution in [0.2, 0.25) is 0 Å². The zero-order chi connectivity index (χ0) is 11.2. The van der Waals surface area contributed by atoms with Crippen LogP contribution in [0.15, 0.2) is 0 Å². The molecule has 2 fully saturated rings. The van der Waals surface area contributed by atoms with Gasteiger partial charge in [0.1, 0.15) is 0 Å². The van der Waals surface area contributed by atoms with Gasteiger partial charge in [0, 0.05) is 18.6 Å². The van der Waals surface area contributed by atoms with Crippen LogP contribution in [0.3, 0.4) is 0 Å². The van der Waals surface area contributed by atoms with Gasteiger partial charge in [-0.05, 0) is 45.2 Å². The van der Waals surface area contributed by atoms with Gasteiger partial charge in [0.2, 0.25) is 0 Å². The number of nitrogens with one attached hydrogen (secondary N) is 1. The van der Waals surface area contributed by atoms with E-state index >= 15 is 0 Å². The maximum Gasteiger partial charge on any atom is 0.0195 e. The average molecular weight is 224 g/mol. The van der Waals surface area contributed by atoms with Gasteiger partial charge in [0.25, 0.3) is 0 Å². The molecule has 0 radical (unpaired) electrons. The molecule has 2 aliphatic rings. The number of rotatable bonds is 4. The molecule has 0 bridgehead atoms. The molecule has 0 saturated carbocycles. The van der Waals surface area contributed by atoms with Crippen molar-refractivity contribution in [3.8, 4) is 0 Å². The summed E-state index contributed by atoms with van der Waals surface area (Å²) >= 11 is 0. The smallest absolute Gasteiger partial charge is 0.0195 e. The van der Waals surface area contributed by atoms with Crippen molar-refractivity contribution in [2.75, 3.05) is 19.6 Å². The lowest BCUT2D eigenvalue weighted by molar-refractivity contribution is 0.119. The summed E-state index contributed by atoms with van der Waals surface area (Å²) in [5.41, 5.74) is 0. The highest BCUT2D eigenvalue weighted by molar-refractivity contribution is 4.82. The van der Waals surface area contributed by atoms with E-state index in [4.69, 9.17) is 0 Å². The lowest BCUT2D eigenvalue weighted by Gasteiger charge is -2.39. The molecule has 2 nitrogen and oxygen atoms in total. The molecular weight excluding hydrogens is 196 g/mol. The fourth-order valence-electron chi connectivity index (χ4n) is 3.32. The summed E-state index contributed by atoms with van der Waals surface area (Å²) < 4.78 is 0. The van der Waals surface area contributed by atoms with Crippen LogP contribution in [-0.4, -0.2) is 36.6 Å². The number of likely N-dealkylation sites (tertiary alicyclic amines) is 1. The average Bonchev–Trinajstić information content (AvgIpc) is 2.33. The van der Waals surface area contributed by atoms with Gasteiger partial charge >= 0.3 is 0 Å². The second kappa shape index (κ2) is 6.61. The first-order valence-corrected chi connectivity index (χ1v) is 7.37. The van der Waals surface area contributed by atoms with E-state index in [1.54, 1.807) is 0 Å². The van der Waals surface area contributed by atoms with Gasteiger partial charge in [-0.3, -0.25) is 4.90 Å². The minimum atomic E-state index is 0.784. The summed E-state index contributed by atoms with van der Waals surface area (Å²) in [6.07, 6.45) is 11.3. The van der Waals surface area contributed by atoms with Crippen molar-refractivity contribution in [1.82, 2.24) is 10.2 Å². The Balaban J connectivity index is 1.80. The van der Waals surface area contributed by atoms with Crippen LogP contribution in [0.25, 0.3) is 0 Å².